The van der Waals surface area contributed by atoms with Crippen LogP contribution in [0.2, 0.25) is 0 Å². The number of carboxylic acids is 1. The Hall–Kier alpha value is -4.66. The maximum atomic E-state index is 13.6. The van der Waals surface area contributed by atoms with Gasteiger partial charge < -0.3 is 9.63 Å². The topological polar surface area (TPSA) is 111 Å². The van der Waals surface area contributed by atoms with Crippen LogP contribution in [0.4, 0.5) is 4.39 Å². The summed E-state index contributed by atoms with van der Waals surface area (Å²) < 4.78 is 20.7. The third kappa shape index (κ3) is 5.14. The summed E-state index contributed by atoms with van der Waals surface area (Å²) in [5, 5.41) is 13.6. The molecule has 0 fully saturated rings. The van der Waals surface area contributed by atoms with Gasteiger partial charge in [-0.1, -0.05) is 35.5 Å². The summed E-state index contributed by atoms with van der Waals surface area (Å²) in [4.78, 5) is 34.1. The van der Waals surface area contributed by atoms with Crippen molar-refractivity contribution in [2.45, 2.75) is 50.9 Å². The van der Waals surface area contributed by atoms with E-state index in [4.69, 9.17) is 19.6 Å². The zero-order valence-electron chi connectivity index (χ0n) is 21.7. The van der Waals surface area contributed by atoms with Crippen molar-refractivity contribution in [2.75, 3.05) is 0 Å². The molecule has 0 radical (unpaired) electrons. The monoisotopic (exact) mass is 538 g/mol. The van der Waals surface area contributed by atoms with Crippen LogP contribution in [0.25, 0.3) is 28.0 Å². The average Bonchev–Trinajstić information content (AvgIpc) is 3.46. The van der Waals surface area contributed by atoms with Crippen LogP contribution in [0.5, 0.6) is 0 Å². The molecule has 0 amide bonds. The van der Waals surface area contributed by atoms with Gasteiger partial charge in [0.15, 0.2) is 0 Å². The van der Waals surface area contributed by atoms with Crippen molar-refractivity contribution >= 4 is 16.9 Å². The number of benzene rings is 3. The van der Waals surface area contributed by atoms with E-state index < -0.39 is 11.8 Å². The number of nitrogens with zero attached hydrogens (tertiary/aromatic N) is 4. The fraction of sp³-hybridized carbons (Fsp3) is 0.258. The maximum Gasteiger partial charge on any atom is 0.303 e. The Balaban J connectivity index is 1.33. The van der Waals surface area contributed by atoms with Gasteiger partial charge in [0.25, 0.3) is 5.56 Å². The molecule has 0 aliphatic heterocycles. The molecule has 0 bridgehead atoms. The lowest BCUT2D eigenvalue weighted by atomic mass is 9.84. The highest BCUT2D eigenvalue weighted by Gasteiger charge is 2.25. The lowest BCUT2D eigenvalue weighted by Crippen LogP contribution is -2.24. The molecule has 40 heavy (non-hydrogen) atoms. The molecular formula is C31H27FN4O4. The molecule has 1 atom stereocenters. The number of hydrogen-bond acceptors (Lipinski definition) is 6. The Morgan fingerprint density at radius 1 is 1.02 bits per heavy atom. The molecule has 2 heterocycles. The van der Waals surface area contributed by atoms with Gasteiger partial charge >= 0.3 is 5.97 Å². The second-order valence-corrected chi connectivity index (χ2v) is 10.1. The van der Waals surface area contributed by atoms with Crippen LogP contribution in [0.15, 0.2) is 76.0 Å². The number of aliphatic carboxylic acids is 1. The van der Waals surface area contributed by atoms with E-state index in [0.29, 0.717) is 59.0 Å². The quantitative estimate of drug-likeness (QED) is 0.254. The fourth-order valence-corrected chi connectivity index (χ4v) is 5.38. The molecule has 2 aromatic heterocycles. The highest BCUT2D eigenvalue weighted by atomic mass is 19.1. The molecule has 0 spiro atoms. The molecule has 3 aromatic carbocycles. The normalized spacial score (nSPS) is 14.8. The second-order valence-electron chi connectivity index (χ2n) is 10.1. The summed E-state index contributed by atoms with van der Waals surface area (Å²) in [6, 6.07) is 19.3. The molecule has 8 nitrogen and oxygen atoms in total. The van der Waals surface area contributed by atoms with Crippen molar-refractivity contribution in [3.8, 4) is 17.1 Å². The van der Waals surface area contributed by atoms with Crippen LogP contribution in [0, 0.1) is 5.82 Å². The van der Waals surface area contributed by atoms with Crippen molar-refractivity contribution in [1.82, 2.24) is 19.7 Å². The van der Waals surface area contributed by atoms with Crippen molar-refractivity contribution in [3.05, 3.63) is 106 Å². The predicted octanol–water partition coefficient (Wildman–Crippen LogP) is 5.64. The number of halogens is 1. The third-order valence-corrected chi connectivity index (χ3v) is 7.46. The second kappa shape index (κ2) is 10.8. The van der Waals surface area contributed by atoms with Gasteiger partial charge in [0, 0.05) is 24.3 Å². The maximum absolute atomic E-state index is 13.6. The van der Waals surface area contributed by atoms with E-state index in [0.717, 1.165) is 19.3 Å². The summed E-state index contributed by atoms with van der Waals surface area (Å²) >= 11 is 0. The molecule has 6 rings (SSSR count). The zero-order valence-corrected chi connectivity index (χ0v) is 21.7. The van der Waals surface area contributed by atoms with E-state index in [2.05, 4.69) is 23.4 Å². The van der Waals surface area contributed by atoms with E-state index in [9.17, 15) is 14.0 Å². The van der Waals surface area contributed by atoms with Crippen LogP contribution in [0.1, 0.15) is 54.4 Å². The van der Waals surface area contributed by atoms with Crippen molar-refractivity contribution in [3.63, 3.8) is 0 Å². The minimum absolute atomic E-state index is 0.0330. The molecule has 9 heteroatoms. The number of carbonyl (C=O) groups is 1. The molecule has 1 aliphatic carbocycles. The first-order valence-electron chi connectivity index (χ1n) is 13.4. The Morgan fingerprint density at radius 3 is 2.62 bits per heavy atom. The van der Waals surface area contributed by atoms with Crippen LogP contribution in [-0.2, 0) is 24.1 Å². The van der Waals surface area contributed by atoms with Crippen LogP contribution in [-0.4, -0.2) is 30.8 Å². The van der Waals surface area contributed by atoms with Crippen LogP contribution >= 0.6 is 0 Å². The molecule has 1 unspecified atom stereocenters. The first-order chi connectivity index (χ1) is 19.5. The molecular weight excluding hydrogens is 511 g/mol. The van der Waals surface area contributed by atoms with Crippen LogP contribution in [0.3, 0.4) is 0 Å². The van der Waals surface area contributed by atoms with Gasteiger partial charge in [-0.2, -0.15) is 4.98 Å². The van der Waals surface area contributed by atoms with E-state index in [1.807, 2.05) is 6.07 Å². The molecule has 202 valence electrons. The van der Waals surface area contributed by atoms with E-state index in [1.165, 1.54) is 40.0 Å². The Kier molecular flexibility index (Phi) is 6.94. The standard InChI is InChI=1S/C31H27FN4O4/c32-23-12-14-24(15-13-23)36-27(7-3-4-8-28(37)38)33-26-18-21(11-16-25(26)31(36)39)29-34-30(40-35-29)22-10-9-19-5-1-2-6-20(19)17-22/h1-2,5-6,11-16,18,22H,3-4,7-10,17H2,(H,37,38). The van der Waals surface area contributed by atoms with Gasteiger partial charge in [-0.05, 0) is 79.6 Å². The number of unbranched alkanes of at least 4 members (excludes halogenated alkanes) is 1. The summed E-state index contributed by atoms with van der Waals surface area (Å²) in [5.41, 5.74) is 4.04. The Bertz CT molecular complexity index is 1760. The van der Waals surface area contributed by atoms with E-state index >= 15 is 0 Å². The van der Waals surface area contributed by atoms with Crippen molar-refractivity contribution in [2.24, 2.45) is 0 Å². The molecule has 5 aromatic rings. The fourth-order valence-electron chi connectivity index (χ4n) is 5.38. The van der Waals surface area contributed by atoms with Gasteiger partial charge in [-0.15, -0.1) is 0 Å². The van der Waals surface area contributed by atoms with Gasteiger partial charge in [0.05, 0.1) is 16.6 Å². The zero-order chi connectivity index (χ0) is 27.6. The number of aryl methyl sites for hydroxylation is 2. The Labute approximate surface area is 229 Å². The molecule has 1 aliphatic rings. The highest BCUT2D eigenvalue weighted by molar-refractivity contribution is 5.82. The largest absolute Gasteiger partial charge is 0.481 e. The summed E-state index contributed by atoms with van der Waals surface area (Å²) in [6.07, 6.45) is 4.15. The van der Waals surface area contributed by atoms with Crippen LogP contribution < -0.4 is 5.56 Å². The predicted molar refractivity (Wildman–Crippen MR) is 147 cm³/mol. The third-order valence-electron chi connectivity index (χ3n) is 7.46. The minimum atomic E-state index is -0.871. The Morgan fingerprint density at radius 2 is 1.82 bits per heavy atom. The molecule has 1 N–H and O–H groups in total. The minimum Gasteiger partial charge on any atom is -0.481 e. The summed E-state index contributed by atoms with van der Waals surface area (Å²) in [5.74, 6) is 0.377. The highest BCUT2D eigenvalue weighted by Crippen LogP contribution is 2.33. The first-order valence-corrected chi connectivity index (χ1v) is 13.4. The van der Waals surface area contributed by atoms with Crippen molar-refractivity contribution < 1.29 is 18.8 Å². The summed E-state index contributed by atoms with van der Waals surface area (Å²) in [7, 11) is 0. The van der Waals surface area contributed by atoms with Gasteiger partial charge in [0.1, 0.15) is 11.6 Å². The van der Waals surface area contributed by atoms with Crippen molar-refractivity contribution in [1.29, 1.82) is 0 Å². The SMILES string of the molecule is O=C(O)CCCCc1nc2cc(-c3noc(C4CCc5ccccc5C4)n3)ccc2c(=O)n1-c1ccc(F)cc1. The molecule has 0 saturated carbocycles. The number of carboxylic acid groups (broad SMARTS) is 1. The number of hydrogen-bond donors (Lipinski definition) is 1. The average molecular weight is 539 g/mol. The smallest absolute Gasteiger partial charge is 0.303 e. The summed E-state index contributed by atoms with van der Waals surface area (Å²) in [6.45, 7) is 0. The van der Waals surface area contributed by atoms with E-state index in [-0.39, 0.29) is 17.9 Å². The van der Waals surface area contributed by atoms with Gasteiger partial charge in [-0.25, -0.2) is 9.37 Å². The lowest BCUT2D eigenvalue weighted by Gasteiger charge is -2.21. The molecule has 0 saturated heterocycles. The van der Waals surface area contributed by atoms with E-state index in [1.54, 1.807) is 18.2 Å². The number of fused-ring (bicyclic) bond motifs is 2. The first kappa shape index (κ1) is 25.6. The van der Waals surface area contributed by atoms with Gasteiger partial charge in [0.2, 0.25) is 11.7 Å². The van der Waals surface area contributed by atoms with Gasteiger partial charge in [-0.3, -0.25) is 14.2 Å². The lowest BCUT2D eigenvalue weighted by molar-refractivity contribution is -0.137. The number of rotatable bonds is 8. The number of aromatic nitrogens is 4.